The first-order chi connectivity index (χ1) is 18.0. The van der Waals surface area contributed by atoms with Crippen molar-refractivity contribution in [3.05, 3.63) is 46.7 Å². The van der Waals surface area contributed by atoms with Gasteiger partial charge in [-0.05, 0) is 56.7 Å². The predicted molar refractivity (Wildman–Crippen MR) is 164 cm³/mol. The summed E-state index contributed by atoms with van der Waals surface area (Å²) in [6.07, 6.45) is 3.82. The molecule has 0 bridgehead atoms. The molecule has 3 atom stereocenters. The minimum atomic E-state index is -0.656. The minimum Gasteiger partial charge on any atom is -0.393 e. The number of aromatic amines is 1. The Labute approximate surface area is 235 Å². The molecule has 1 saturated heterocycles. The van der Waals surface area contributed by atoms with Gasteiger partial charge in [-0.3, -0.25) is 9.78 Å². The van der Waals surface area contributed by atoms with E-state index in [-0.39, 0.29) is 34.7 Å². The Morgan fingerprint density at radius 2 is 1.92 bits per heavy atom. The summed E-state index contributed by atoms with van der Waals surface area (Å²) in [7, 11) is 8.97. The molecule has 8 nitrogen and oxygen atoms in total. The Balaban J connectivity index is 1.85. The van der Waals surface area contributed by atoms with Crippen LogP contribution in [0.2, 0.25) is 11.0 Å². The van der Waals surface area contributed by atoms with Crippen LogP contribution in [0.25, 0.3) is 5.57 Å². The highest BCUT2D eigenvalue weighted by Crippen LogP contribution is 2.58. The van der Waals surface area contributed by atoms with Crippen LogP contribution in [-0.2, 0) is 4.74 Å². The fourth-order valence-electron chi connectivity index (χ4n) is 7.14. The first-order valence-corrected chi connectivity index (χ1v) is 13.8. The standard InChI is InChI=1S/C27H39B4N5O3/c1-24(2)12-27(30,31)18(19(28)21(24)29)20-17(36-23(38)22-33-11-15(10-32)34-22)7-6-16(35-20)14-8-25(3,4)39-26(5,9-14)13-37/h6-7,11,14,21,37H,8-9,12-13,28-31H2,1-5H3,(H,33,34)(H,36,38). The molecule has 2 aromatic rings. The van der Waals surface area contributed by atoms with E-state index in [2.05, 4.69) is 74.4 Å². The smallest absolute Gasteiger partial charge is 0.291 e. The number of imidazole rings is 1. The lowest BCUT2D eigenvalue weighted by molar-refractivity contribution is -0.187. The van der Waals surface area contributed by atoms with E-state index < -0.39 is 17.1 Å². The first-order valence-electron chi connectivity index (χ1n) is 13.8. The zero-order valence-corrected chi connectivity index (χ0v) is 24.8. The van der Waals surface area contributed by atoms with Crippen molar-refractivity contribution in [2.75, 3.05) is 11.9 Å². The van der Waals surface area contributed by atoms with E-state index in [9.17, 15) is 9.90 Å². The third kappa shape index (κ3) is 5.76. The van der Waals surface area contributed by atoms with Gasteiger partial charge in [-0.2, -0.15) is 5.26 Å². The Kier molecular flexibility index (Phi) is 7.50. The summed E-state index contributed by atoms with van der Waals surface area (Å²) in [5.41, 5.74) is 3.95. The van der Waals surface area contributed by atoms with Gasteiger partial charge in [0.25, 0.3) is 5.91 Å². The number of anilines is 1. The number of H-pyrrole nitrogens is 1. The summed E-state index contributed by atoms with van der Waals surface area (Å²) < 4.78 is 6.25. The number of rotatable bonds is 5. The van der Waals surface area contributed by atoms with Gasteiger partial charge >= 0.3 is 0 Å². The molecular formula is C27H39B4N5O3. The fourth-order valence-corrected chi connectivity index (χ4v) is 7.14. The molecule has 1 fully saturated rings. The molecule has 12 heteroatoms. The van der Waals surface area contributed by atoms with E-state index in [1.165, 1.54) is 11.7 Å². The topological polar surface area (TPSA) is 124 Å². The van der Waals surface area contributed by atoms with E-state index in [4.69, 9.17) is 15.0 Å². The number of nitrogens with one attached hydrogen (secondary N) is 2. The van der Waals surface area contributed by atoms with Crippen LogP contribution in [0.5, 0.6) is 0 Å². The molecule has 1 amide bonds. The van der Waals surface area contributed by atoms with Crippen molar-refractivity contribution in [1.82, 2.24) is 15.0 Å². The monoisotopic (exact) mass is 525 g/mol. The number of ether oxygens (including phenoxy) is 1. The molecule has 4 rings (SSSR count). The third-order valence-electron chi connectivity index (χ3n) is 8.79. The number of hydrogen-bond acceptors (Lipinski definition) is 6. The summed E-state index contributed by atoms with van der Waals surface area (Å²) in [5.74, 6) is 0.0683. The van der Waals surface area contributed by atoms with Crippen LogP contribution in [-0.4, -0.2) is 75.2 Å². The number of carbonyl (C=O) groups is 1. The molecule has 3 heterocycles. The molecule has 0 aromatic carbocycles. The van der Waals surface area contributed by atoms with Gasteiger partial charge in [0.2, 0.25) is 0 Å². The average molecular weight is 525 g/mol. The Morgan fingerprint density at radius 3 is 2.54 bits per heavy atom. The Hall–Kier alpha value is -2.76. The minimum absolute atomic E-state index is 0.0638. The number of aliphatic hydroxyl groups is 1. The van der Waals surface area contributed by atoms with E-state index in [0.717, 1.165) is 29.8 Å². The summed E-state index contributed by atoms with van der Waals surface area (Å²) in [4.78, 5) is 25.3. The quantitative estimate of drug-likeness (QED) is 0.500. The van der Waals surface area contributed by atoms with Gasteiger partial charge in [-0.25, -0.2) is 4.98 Å². The fraction of sp³-hybridized carbons (Fsp3) is 0.556. The molecule has 0 saturated carbocycles. The second kappa shape index (κ2) is 10.0. The van der Waals surface area contributed by atoms with E-state index in [1.54, 1.807) is 0 Å². The number of pyridine rings is 1. The summed E-state index contributed by atoms with van der Waals surface area (Å²) in [6.45, 7) is 10.6. The number of hydrogen-bond donors (Lipinski definition) is 3. The first kappa shape index (κ1) is 29.2. The second-order valence-electron chi connectivity index (χ2n) is 13.7. The van der Waals surface area contributed by atoms with Crippen LogP contribution in [0.3, 0.4) is 0 Å². The lowest BCUT2D eigenvalue weighted by Gasteiger charge is -2.49. The molecule has 39 heavy (non-hydrogen) atoms. The summed E-state index contributed by atoms with van der Waals surface area (Å²) in [6, 6.07) is 5.86. The van der Waals surface area contributed by atoms with Crippen LogP contribution in [0, 0.1) is 16.7 Å². The van der Waals surface area contributed by atoms with Crippen LogP contribution in [0.15, 0.2) is 23.8 Å². The molecule has 1 aliphatic heterocycles. The van der Waals surface area contributed by atoms with Gasteiger partial charge in [0.05, 0.1) is 29.2 Å². The van der Waals surface area contributed by atoms with Gasteiger partial charge < -0.3 is 20.1 Å². The SMILES string of the molecule is BC1=C(c2nc(C3CC(C)(C)OC(C)(CO)C3)ccc2NC(=O)c2nc(C#N)c[nH]2)C(B)(B)CC(C)(C)C1B. The maximum absolute atomic E-state index is 13.2. The van der Waals surface area contributed by atoms with Crippen molar-refractivity contribution in [2.45, 2.75) is 82.0 Å². The van der Waals surface area contributed by atoms with Crippen molar-refractivity contribution in [3.63, 3.8) is 0 Å². The van der Waals surface area contributed by atoms with Gasteiger partial charge in [-0.1, -0.05) is 31.3 Å². The van der Waals surface area contributed by atoms with Crippen molar-refractivity contribution in [3.8, 4) is 6.07 Å². The third-order valence-corrected chi connectivity index (χ3v) is 8.79. The van der Waals surface area contributed by atoms with Gasteiger partial charge in [-0.15, -0.1) is 5.47 Å². The maximum Gasteiger partial charge on any atom is 0.291 e. The number of aromatic nitrogens is 3. The van der Waals surface area contributed by atoms with Crippen LogP contribution >= 0.6 is 0 Å². The number of nitriles is 1. The average Bonchev–Trinajstić information content (AvgIpc) is 3.31. The molecule has 2 aromatic heterocycles. The molecule has 0 radical (unpaired) electrons. The number of allylic oxidation sites excluding steroid dienone is 2. The van der Waals surface area contributed by atoms with Gasteiger partial charge in [0, 0.05) is 17.8 Å². The highest BCUT2D eigenvalue weighted by molar-refractivity contribution is 6.49. The van der Waals surface area contributed by atoms with Gasteiger partial charge in [0.1, 0.15) is 37.5 Å². The largest absolute Gasteiger partial charge is 0.393 e. The zero-order valence-electron chi connectivity index (χ0n) is 24.8. The van der Waals surface area contributed by atoms with Gasteiger partial charge in [0.15, 0.2) is 11.5 Å². The van der Waals surface area contributed by atoms with Crippen molar-refractivity contribution in [1.29, 1.82) is 5.26 Å². The number of amides is 1. The predicted octanol–water partition coefficient (Wildman–Crippen LogP) is 0.930. The van der Waals surface area contributed by atoms with E-state index >= 15 is 0 Å². The lowest BCUT2D eigenvalue weighted by atomic mass is 9.37. The van der Waals surface area contributed by atoms with Crippen molar-refractivity contribution >= 4 is 48.6 Å². The van der Waals surface area contributed by atoms with Crippen LogP contribution in [0.4, 0.5) is 5.69 Å². The summed E-state index contributed by atoms with van der Waals surface area (Å²) >= 11 is 0. The molecule has 3 unspecified atom stereocenters. The highest BCUT2D eigenvalue weighted by Gasteiger charge is 2.45. The molecule has 1 aliphatic carbocycles. The second-order valence-corrected chi connectivity index (χ2v) is 13.7. The molecule has 3 N–H and O–H groups in total. The van der Waals surface area contributed by atoms with Crippen molar-refractivity contribution in [2.24, 2.45) is 5.41 Å². The number of nitrogens with zero attached hydrogens (tertiary/aromatic N) is 3. The Morgan fingerprint density at radius 1 is 1.23 bits per heavy atom. The normalized spacial score (nSPS) is 27.5. The Bertz CT molecular complexity index is 1360. The van der Waals surface area contributed by atoms with Crippen LogP contribution < -0.4 is 5.32 Å². The zero-order chi connectivity index (χ0) is 29.0. The number of aliphatic hydroxyl groups excluding tert-OH is 1. The van der Waals surface area contributed by atoms with E-state index in [0.29, 0.717) is 17.9 Å². The summed E-state index contributed by atoms with van der Waals surface area (Å²) in [5, 5.41) is 22.1. The van der Waals surface area contributed by atoms with Crippen LogP contribution in [0.1, 0.15) is 87.5 Å². The molecular weight excluding hydrogens is 486 g/mol. The lowest BCUT2D eigenvalue weighted by Crippen LogP contribution is -2.48. The van der Waals surface area contributed by atoms with E-state index in [1.807, 2.05) is 25.1 Å². The highest BCUT2D eigenvalue weighted by atomic mass is 16.5. The molecule has 2 aliphatic rings. The molecule has 202 valence electrons. The maximum atomic E-state index is 13.2. The molecule has 0 spiro atoms. The number of carbonyl (C=O) groups excluding carboxylic acids is 1. The van der Waals surface area contributed by atoms with Crippen molar-refractivity contribution < 1.29 is 14.6 Å².